The van der Waals surface area contributed by atoms with Crippen LogP contribution in [0.2, 0.25) is 5.02 Å². The summed E-state index contributed by atoms with van der Waals surface area (Å²) in [6, 6.07) is 4.36. The van der Waals surface area contributed by atoms with Crippen molar-refractivity contribution in [3.63, 3.8) is 0 Å². The van der Waals surface area contributed by atoms with Crippen LogP contribution in [0.5, 0.6) is 5.75 Å². The summed E-state index contributed by atoms with van der Waals surface area (Å²) in [6.45, 7) is -1.31. The summed E-state index contributed by atoms with van der Waals surface area (Å²) in [6.07, 6.45) is 10.2. The zero-order valence-electron chi connectivity index (χ0n) is 18.9. The molecular weight excluding hydrogens is 481 g/mol. The van der Waals surface area contributed by atoms with Crippen LogP contribution in [0, 0.1) is 5.82 Å². The van der Waals surface area contributed by atoms with Gasteiger partial charge in [-0.3, -0.25) is 4.68 Å². The van der Waals surface area contributed by atoms with Gasteiger partial charge in [0, 0.05) is 46.6 Å². The number of alkyl halides is 2. The summed E-state index contributed by atoms with van der Waals surface area (Å²) in [5.74, 6) is -1.44. The molecule has 0 saturated heterocycles. The van der Waals surface area contributed by atoms with Crippen LogP contribution in [0.3, 0.4) is 0 Å². The minimum atomic E-state index is -3.07. The molecule has 0 bridgehead atoms. The Morgan fingerprint density at radius 1 is 1.17 bits per heavy atom. The molecule has 10 heteroatoms. The normalized spacial score (nSPS) is 19.4. The van der Waals surface area contributed by atoms with Crippen LogP contribution in [-0.2, 0) is 0 Å². The number of H-pyrrole nitrogens is 1. The molecule has 3 heterocycles. The van der Waals surface area contributed by atoms with E-state index in [9.17, 15) is 18.3 Å². The highest BCUT2D eigenvalue weighted by Gasteiger charge is 2.25. The Labute approximate surface area is 204 Å². The number of aliphatic hydroxyl groups is 1. The molecule has 0 amide bonds. The summed E-state index contributed by atoms with van der Waals surface area (Å²) in [5, 5.41) is 14.8. The second kappa shape index (κ2) is 9.54. The van der Waals surface area contributed by atoms with Crippen LogP contribution >= 0.6 is 11.6 Å². The fraction of sp³-hybridized carbons (Fsp3) is 0.360. The lowest BCUT2D eigenvalue weighted by Gasteiger charge is -2.25. The van der Waals surface area contributed by atoms with E-state index in [0.29, 0.717) is 5.65 Å². The Hall–Kier alpha value is -3.04. The van der Waals surface area contributed by atoms with Crippen molar-refractivity contribution in [2.75, 3.05) is 0 Å². The van der Waals surface area contributed by atoms with E-state index in [1.165, 1.54) is 0 Å². The lowest BCUT2D eigenvalue weighted by atomic mass is 9.91. The Balaban J connectivity index is 1.50. The molecule has 6 nitrogen and oxygen atoms in total. The minimum Gasteiger partial charge on any atom is -0.434 e. The minimum absolute atomic E-state index is 0.144. The Morgan fingerprint density at radius 3 is 2.69 bits per heavy atom. The number of benzene rings is 1. The van der Waals surface area contributed by atoms with Crippen molar-refractivity contribution in [3.8, 4) is 16.9 Å². The van der Waals surface area contributed by atoms with Crippen LogP contribution in [0.1, 0.15) is 55.7 Å². The van der Waals surface area contributed by atoms with E-state index in [1.807, 2.05) is 16.9 Å². The highest BCUT2D eigenvalue weighted by Crippen LogP contribution is 2.41. The van der Waals surface area contributed by atoms with Crippen molar-refractivity contribution >= 4 is 22.6 Å². The first-order chi connectivity index (χ1) is 16.8. The summed E-state index contributed by atoms with van der Waals surface area (Å²) < 4.78 is 46.8. The van der Waals surface area contributed by atoms with Gasteiger partial charge in [-0.2, -0.15) is 13.9 Å². The quantitative estimate of drug-likeness (QED) is 0.316. The maximum Gasteiger partial charge on any atom is 0.387 e. The number of rotatable bonds is 6. The molecule has 2 N–H and O–H groups in total. The molecule has 0 spiro atoms. The van der Waals surface area contributed by atoms with Crippen molar-refractivity contribution in [2.24, 2.45) is 0 Å². The molecule has 1 fully saturated rings. The Morgan fingerprint density at radius 2 is 1.94 bits per heavy atom. The van der Waals surface area contributed by atoms with E-state index in [2.05, 4.69) is 19.8 Å². The van der Waals surface area contributed by atoms with Crippen molar-refractivity contribution in [3.05, 3.63) is 65.0 Å². The number of hydrogen-bond acceptors (Lipinski definition) is 4. The van der Waals surface area contributed by atoms with E-state index < -0.39 is 18.3 Å². The summed E-state index contributed by atoms with van der Waals surface area (Å²) >= 11 is 6.21. The van der Waals surface area contributed by atoms with Crippen LogP contribution in [-0.4, -0.2) is 37.6 Å². The molecule has 184 valence electrons. The number of nitrogens with zero attached hydrogens (tertiary/aromatic N) is 3. The van der Waals surface area contributed by atoms with Gasteiger partial charge in [0.05, 0.1) is 23.4 Å². The first-order valence-electron chi connectivity index (χ1n) is 11.4. The maximum atomic E-state index is 14.3. The smallest absolute Gasteiger partial charge is 0.387 e. The predicted octanol–water partition coefficient (Wildman–Crippen LogP) is 6.45. The van der Waals surface area contributed by atoms with Gasteiger partial charge in [0.15, 0.2) is 0 Å². The van der Waals surface area contributed by atoms with Gasteiger partial charge in [-0.15, -0.1) is 0 Å². The third-order valence-electron chi connectivity index (χ3n) is 6.75. The Kier molecular flexibility index (Phi) is 6.46. The first kappa shape index (κ1) is 23.7. The number of nitrogens with one attached hydrogen (secondary N) is 1. The fourth-order valence-corrected chi connectivity index (χ4v) is 5.18. The molecule has 35 heavy (non-hydrogen) atoms. The molecule has 5 rings (SSSR count). The molecule has 0 radical (unpaired) electrons. The van der Waals surface area contributed by atoms with Crippen LogP contribution in [0.4, 0.5) is 13.2 Å². The number of pyridine rings is 1. The average Bonchev–Trinajstić information content (AvgIpc) is 3.49. The molecule has 0 aliphatic heterocycles. The average molecular weight is 505 g/mol. The van der Waals surface area contributed by atoms with Gasteiger partial charge in [0.2, 0.25) is 0 Å². The van der Waals surface area contributed by atoms with E-state index in [1.54, 1.807) is 25.5 Å². The molecule has 0 unspecified atom stereocenters. The van der Waals surface area contributed by atoms with Gasteiger partial charge < -0.3 is 14.8 Å². The Bertz CT molecular complexity index is 1350. The van der Waals surface area contributed by atoms with Crippen LogP contribution in [0.25, 0.3) is 22.2 Å². The topological polar surface area (TPSA) is 76.0 Å². The standard InChI is InChI=1S/C25H24ClF3N4O2/c1-13(22-21(35-25(28)29)7-6-20(27)23(22)26)19-11-31-24-18(19)8-14(9-30-24)15-10-32-33(12-15)16-2-4-17(34)5-3-16/h6-13,16-17,25,34H,2-5H2,1H3,(H,30,31)/t13-,16-,17-/m0/s1. The number of aromatic amines is 1. The number of halogens is 4. The maximum absolute atomic E-state index is 14.3. The highest BCUT2D eigenvalue weighted by molar-refractivity contribution is 6.31. The van der Waals surface area contributed by atoms with E-state index in [4.69, 9.17) is 11.6 Å². The number of fused-ring (bicyclic) bond motifs is 1. The largest absolute Gasteiger partial charge is 0.434 e. The van der Waals surface area contributed by atoms with Gasteiger partial charge in [0.25, 0.3) is 0 Å². The van der Waals surface area contributed by atoms with Gasteiger partial charge in [0.1, 0.15) is 17.2 Å². The summed E-state index contributed by atoms with van der Waals surface area (Å²) in [5.41, 5.74) is 3.19. The van der Waals surface area contributed by atoms with Crippen molar-refractivity contribution in [1.29, 1.82) is 0 Å². The van der Waals surface area contributed by atoms with Crippen molar-refractivity contribution in [2.45, 2.75) is 57.3 Å². The first-order valence-corrected chi connectivity index (χ1v) is 11.8. The predicted molar refractivity (Wildman–Crippen MR) is 126 cm³/mol. The zero-order valence-corrected chi connectivity index (χ0v) is 19.6. The second-order valence-corrected chi connectivity index (χ2v) is 9.29. The highest BCUT2D eigenvalue weighted by atomic mass is 35.5. The lowest BCUT2D eigenvalue weighted by molar-refractivity contribution is -0.0505. The second-order valence-electron chi connectivity index (χ2n) is 8.91. The molecule has 1 aliphatic rings. The number of aliphatic hydroxyl groups excluding tert-OH is 1. The molecule has 4 aromatic rings. The molecule has 3 aromatic heterocycles. The SMILES string of the molecule is C[C@H](c1c(OC(F)F)ccc(F)c1Cl)c1c[nH]c2ncc(-c3cnn([C@H]4CC[C@H](O)CC4)c3)cc12. The number of aromatic nitrogens is 4. The molecule has 1 saturated carbocycles. The van der Waals surface area contributed by atoms with Gasteiger partial charge in [-0.25, -0.2) is 9.37 Å². The van der Waals surface area contributed by atoms with Crippen LogP contribution in [0.15, 0.2) is 43.0 Å². The third kappa shape index (κ3) is 4.62. The van der Waals surface area contributed by atoms with Crippen molar-refractivity contribution < 1.29 is 23.0 Å². The van der Waals surface area contributed by atoms with Gasteiger partial charge in [-0.1, -0.05) is 18.5 Å². The molecule has 1 atom stereocenters. The van der Waals surface area contributed by atoms with Gasteiger partial charge in [-0.05, 0) is 49.4 Å². The monoisotopic (exact) mass is 504 g/mol. The van der Waals surface area contributed by atoms with Crippen LogP contribution < -0.4 is 4.74 Å². The summed E-state index contributed by atoms with van der Waals surface area (Å²) in [4.78, 5) is 7.60. The lowest BCUT2D eigenvalue weighted by Crippen LogP contribution is -2.21. The number of ether oxygens (including phenoxy) is 1. The van der Waals surface area contributed by atoms with Crippen molar-refractivity contribution in [1.82, 2.24) is 19.7 Å². The third-order valence-corrected chi connectivity index (χ3v) is 7.13. The molecular formula is C25H24ClF3N4O2. The fourth-order valence-electron chi connectivity index (χ4n) is 4.86. The van der Waals surface area contributed by atoms with Gasteiger partial charge >= 0.3 is 6.61 Å². The number of hydrogen-bond donors (Lipinski definition) is 2. The van der Waals surface area contributed by atoms with E-state index in [0.717, 1.165) is 59.9 Å². The van der Waals surface area contributed by atoms with E-state index in [-0.39, 0.29) is 28.5 Å². The summed E-state index contributed by atoms with van der Waals surface area (Å²) in [7, 11) is 0. The zero-order chi connectivity index (χ0) is 24.7. The van der Waals surface area contributed by atoms with E-state index >= 15 is 0 Å². The molecule has 1 aliphatic carbocycles. The molecule has 1 aromatic carbocycles.